The lowest BCUT2D eigenvalue weighted by Crippen LogP contribution is -2.37. The molecular weight excluding hydrogens is 348 g/mol. The maximum absolute atomic E-state index is 12.5. The molecule has 2 rings (SSSR count). The Morgan fingerprint density at radius 1 is 1.22 bits per heavy atom. The van der Waals surface area contributed by atoms with Crippen LogP contribution in [0.4, 0.5) is 4.79 Å². The van der Waals surface area contributed by atoms with Crippen molar-refractivity contribution in [2.45, 2.75) is 46.6 Å². The number of H-pyrrole nitrogens is 1. The van der Waals surface area contributed by atoms with Crippen molar-refractivity contribution in [1.82, 2.24) is 10.0 Å². The number of rotatable bonds is 6. The fourth-order valence-corrected chi connectivity index (χ4v) is 2.77. The summed E-state index contributed by atoms with van der Waals surface area (Å²) in [7, 11) is 1.41. The van der Waals surface area contributed by atoms with Gasteiger partial charge in [0, 0.05) is 23.0 Å². The van der Waals surface area contributed by atoms with E-state index < -0.39 is 11.7 Å². The molecule has 1 aromatic heterocycles. The van der Waals surface area contributed by atoms with E-state index in [0.717, 1.165) is 21.5 Å². The molecular formula is C20H28N2O5. The Morgan fingerprint density at radius 2 is 1.93 bits per heavy atom. The van der Waals surface area contributed by atoms with Crippen LogP contribution in [0, 0.1) is 6.92 Å². The van der Waals surface area contributed by atoms with Crippen LogP contribution in [0.3, 0.4) is 0 Å². The van der Waals surface area contributed by atoms with E-state index >= 15 is 0 Å². The Balaban J connectivity index is 2.28. The molecule has 7 heteroatoms. The van der Waals surface area contributed by atoms with E-state index in [1.807, 2.05) is 25.1 Å². The summed E-state index contributed by atoms with van der Waals surface area (Å²) >= 11 is 0. The summed E-state index contributed by atoms with van der Waals surface area (Å²) in [5.74, 6) is -0.384. The van der Waals surface area contributed by atoms with E-state index in [2.05, 4.69) is 4.98 Å². The Kier molecular flexibility index (Phi) is 6.49. The first kappa shape index (κ1) is 20.8. The highest BCUT2D eigenvalue weighted by molar-refractivity contribution is 6.05. The molecule has 1 heterocycles. The van der Waals surface area contributed by atoms with Gasteiger partial charge < -0.3 is 14.5 Å². The second-order valence-electron chi connectivity index (χ2n) is 7.26. The minimum Gasteiger partial charge on any atom is -0.462 e. The third kappa shape index (κ3) is 5.23. The molecule has 0 saturated heterocycles. The van der Waals surface area contributed by atoms with Crippen molar-refractivity contribution in [2.75, 3.05) is 20.3 Å². The highest BCUT2D eigenvalue weighted by atomic mass is 16.7. The lowest BCUT2D eigenvalue weighted by atomic mass is 10.1. The van der Waals surface area contributed by atoms with Crippen LogP contribution in [0.1, 0.15) is 49.3 Å². The van der Waals surface area contributed by atoms with Crippen LogP contribution in [0.15, 0.2) is 18.2 Å². The normalized spacial score (nSPS) is 11.5. The molecule has 0 aliphatic rings. The molecule has 0 bridgehead atoms. The Hall–Kier alpha value is -2.54. The van der Waals surface area contributed by atoms with Crippen LogP contribution in [0.2, 0.25) is 0 Å². The van der Waals surface area contributed by atoms with Gasteiger partial charge in [-0.05, 0) is 46.8 Å². The third-order valence-corrected chi connectivity index (χ3v) is 3.89. The Morgan fingerprint density at radius 3 is 2.52 bits per heavy atom. The summed E-state index contributed by atoms with van der Waals surface area (Å²) in [5.41, 5.74) is 2.46. The summed E-state index contributed by atoms with van der Waals surface area (Å²) in [4.78, 5) is 33.1. The molecule has 0 fully saturated rings. The standard InChI is InChI=1S/C20H28N2O5/c1-7-26-18(23)17-14-12-13(2)8-9-15(14)21-16(17)10-11-22(25-6)19(24)27-20(3,4)5/h8-9,12,21H,7,10-11H2,1-6H3. The Labute approximate surface area is 159 Å². The minimum atomic E-state index is -0.622. The number of fused-ring (bicyclic) bond motifs is 1. The number of ether oxygens (including phenoxy) is 2. The molecule has 1 amide bonds. The second-order valence-corrected chi connectivity index (χ2v) is 7.26. The number of hydroxylamine groups is 2. The van der Waals surface area contributed by atoms with Gasteiger partial charge in [-0.3, -0.25) is 4.84 Å². The second kappa shape index (κ2) is 8.43. The molecule has 1 aromatic carbocycles. The lowest BCUT2D eigenvalue weighted by molar-refractivity contribution is -0.123. The number of aromatic amines is 1. The van der Waals surface area contributed by atoms with Crippen LogP contribution in [0.5, 0.6) is 0 Å². The van der Waals surface area contributed by atoms with Crippen molar-refractivity contribution in [2.24, 2.45) is 0 Å². The zero-order valence-corrected chi connectivity index (χ0v) is 16.8. The quantitative estimate of drug-likeness (QED) is 0.609. The molecule has 0 unspecified atom stereocenters. The van der Waals surface area contributed by atoms with Crippen molar-refractivity contribution >= 4 is 23.0 Å². The number of carbonyl (C=O) groups excluding carboxylic acids is 2. The van der Waals surface area contributed by atoms with E-state index in [4.69, 9.17) is 14.3 Å². The van der Waals surface area contributed by atoms with Gasteiger partial charge in [-0.15, -0.1) is 0 Å². The first-order chi connectivity index (χ1) is 12.7. The van der Waals surface area contributed by atoms with Crippen molar-refractivity contribution in [1.29, 1.82) is 0 Å². The molecule has 1 N–H and O–H groups in total. The van der Waals surface area contributed by atoms with Gasteiger partial charge in [0.25, 0.3) is 0 Å². The predicted octanol–water partition coefficient (Wildman–Crippen LogP) is 3.99. The van der Waals surface area contributed by atoms with Crippen molar-refractivity contribution in [3.05, 3.63) is 35.0 Å². The van der Waals surface area contributed by atoms with Gasteiger partial charge in [0.2, 0.25) is 0 Å². The van der Waals surface area contributed by atoms with Gasteiger partial charge in [0.05, 0.1) is 25.8 Å². The highest BCUT2D eigenvalue weighted by Gasteiger charge is 2.24. The van der Waals surface area contributed by atoms with E-state index in [1.165, 1.54) is 7.11 Å². The van der Waals surface area contributed by atoms with Gasteiger partial charge in [-0.2, -0.15) is 5.06 Å². The SMILES string of the molecule is CCOC(=O)c1c(CCN(OC)C(=O)OC(C)(C)C)[nH]c2ccc(C)cc12. The summed E-state index contributed by atoms with van der Waals surface area (Å²) < 4.78 is 10.6. The van der Waals surface area contributed by atoms with Crippen LogP contribution in [-0.2, 0) is 20.7 Å². The number of esters is 1. The topological polar surface area (TPSA) is 80.9 Å². The number of aromatic nitrogens is 1. The van der Waals surface area contributed by atoms with Gasteiger partial charge in [0.15, 0.2) is 0 Å². The molecule has 0 saturated carbocycles. The number of hydrogen-bond donors (Lipinski definition) is 1. The maximum atomic E-state index is 12.5. The van der Waals surface area contributed by atoms with Gasteiger partial charge in [-0.25, -0.2) is 9.59 Å². The highest BCUT2D eigenvalue weighted by Crippen LogP contribution is 2.25. The smallest absolute Gasteiger partial charge is 0.434 e. The van der Waals surface area contributed by atoms with Crippen LogP contribution in [0.25, 0.3) is 10.9 Å². The number of carbonyl (C=O) groups is 2. The number of hydrogen-bond acceptors (Lipinski definition) is 5. The van der Waals surface area contributed by atoms with Crippen molar-refractivity contribution in [3.8, 4) is 0 Å². The first-order valence-corrected chi connectivity index (χ1v) is 8.99. The van der Waals surface area contributed by atoms with Gasteiger partial charge >= 0.3 is 12.1 Å². The third-order valence-electron chi connectivity index (χ3n) is 3.89. The van der Waals surface area contributed by atoms with Gasteiger partial charge in [0.1, 0.15) is 5.60 Å². The minimum absolute atomic E-state index is 0.226. The summed E-state index contributed by atoms with van der Waals surface area (Å²) in [5, 5.41) is 1.95. The number of benzene rings is 1. The van der Waals surface area contributed by atoms with Crippen molar-refractivity contribution < 1.29 is 23.9 Å². The molecule has 0 aliphatic heterocycles. The molecule has 0 aliphatic carbocycles. The lowest BCUT2D eigenvalue weighted by Gasteiger charge is -2.25. The summed E-state index contributed by atoms with van der Waals surface area (Å²) in [6.07, 6.45) is -0.191. The molecule has 148 valence electrons. The zero-order valence-electron chi connectivity index (χ0n) is 16.8. The first-order valence-electron chi connectivity index (χ1n) is 8.99. The maximum Gasteiger partial charge on any atom is 0.434 e. The number of aryl methyl sites for hydroxylation is 1. The Bertz CT molecular complexity index is 820. The monoisotopic (exact) mass is 376 g/mol. The van der Waals surface area contributed by atoms with Crippen LogP contribution in [-0.4, -0.2) is 48.0 Å². The fourth-order valence-electron chi connectivity index (χ4n) is 2.77. The predicted molar refractivity (Wildman–Crippen MR) is 103 cm³/mol. The summed E-state index contributed by atoms with van der Waals surface area (Å²) in [6, 6.07) is 5.85. The summed E-state index contributed by atoms with van der Waals surface area (Å²) in [6.45, 7) is 9.62. The molecule has 0 spiro atoms. The molecule has 0 radical (unpaired) electrons. The number of nitrogens with one attached hydrogen (secondary N) is 1. The molecule has 0 atom stereocenters. The van der Waals surface area contributed by atoms with Crippen LogP contribution < -0.4 is 0 Å². The molecule has 7 nitrogen and oxygen atoms in total. The van der Waals surface area contributed by atoms with E-state index in [0.29, 0.717) is 24.3 Å². The van der Waals surface area contributed by atoms with E-state index in [1.54, 1.807) is 27.7 Å². The largest absolute Gasteiger partial charge is 0.462 e. The molecule has 27 heavy (non-hydrogen) atoms. The average Bonchev–Trinajstić information content (AvgIpc) is 2.91. The zero-order chi connectivity index (χ0) is 20.2. The number of amides is 1. The van der Waals surface area contributed by atoms with Crippen molar-refractivity contribution in [3.63, 3.8) is 0 Å². The van der Waals surface area contributed by atoms with Gasteiger partial charge in [-0.1, -0.05) is 11.6 Å². The number of nitrogens with zero attached hydrogens (tertiary/aromatic N) is 1. The van der Waals surface area contributed by atoms with E-state index in [-0.39, 0.29) is 12.5 Å². The van der Waals surface area contributed by atoms with E-state index in [9.17, 15) is 9.59 Å². The molecule has 2 aromatic rings. The van der Waals surface area contributed by atoms with Crippen LogP contribution >= 0.6 is 0 Å². The average molecular weight is 376 g/mol. The fraction of sp³-hybridized carbons (Fsp3) is 0.500.